The summed E-state index contributed by atoms with van der Waals surface area (Å²) in [5.74, 6) is 1.38. The molecule has 2 aromatic heterocycles. The van der Waals surface area contributed by atoms with Gasteiger partial charge in [-0.05, 0) is 24.5 Å². The van der Waals surface area contributed by atoms with Crippen molar-refractivity contribution >= 4 is 11.8 Å². The second-order valence-electron chi connectivity index (χ2n) is 8.57. The first-order valence-electron chi connectivity index (χ1n) is 11.6. The van der Waals surface area contributed by atoms with Crippen LogP contribution in [0.4, 0.5) is 0 Å². The Hall–Kier alpha value is -3.03. The lowest BCUT2D eigenvalue weighted by atomic mass is 9.87. The summed E-state index contributed by atoms with van der Waals surface area (Å²) >= 11 is 0. The van der Waals surface area contributed by atoms with Crippen LogP contribution in [-0.4, -0.2) is 69.4 Å². The number of piperazine rings is 1. The van der Waals surface area contributed by atoms with Gasteiger partial charge in [-0.1, -0.05) is 39.5 Å². The molecule has 1 aliphatic heterocycles. The maximum absolute atomic E-state index is 12.8. The summed E-state index contributed by atoms with van der Waals surface area (Å²) in [5.41, 5.74) is 1.06. The average Bonchev–Trinajstić information content (AvgIpc) is 2.85. The topological polar surface area (TPSA) is 88.5 Å². The van der Waals surface area contributed by atoms with Gasteiger partial charge in [-0.2, -0.15) is 0 Å². The van der Waals surface area contributed by atoms with Crippen molar-refractivity contribution in [2.24, 2.45) is 5.92 Å². The first-order chi connectivity index (χ1) is 15.7. The molecule has 178 valence electrons. The zero-order valence-corrected chi connectivity index (χ0v) is 18.5. The van der Waals surface area contributed by atoms with E-state index in [2.05, 4.69) is 15.0 Å². The molecule has 33 heavy (non-hydrogen) atoms. The fourth-order valence-corrected chi connectivity index (χ4v) is 4.42. The Morgan fingerprint density at radius 1 is 0.939 bits per heavy atom. The molecule has 0 radical (unpaired) electrons. The van der Waals surface area contributed by atoms with Gasteiger partial charge in [0, 0.05) is 44.8 Å². The van der Waals surface area contributed by atoms with E-state index in [0.29, 0.717) is 49.9 Å². The maximum atomic E-state index is 12.8. The van der Waals surface area contributed by atoms with Crippen LogP contribution in [0.1, 0.15) is 62.1 Å². The molecule has 0 bridgehead atoms. The van der Waals surface area contributed by atoms with Crippen molar-refractivity contribution in [3.8, 4) is 5.75 Å². The Kier molecular flexibility index (Phi) is 9.15. The molecular weight excluding hydrogens is 418 g/mol. The second kappa shape index (κ2) is 12.3. The summed E-state index contributed by atoms with van der Waals surface area (Å²) in [6, 6.07) is 3.55. The third-order valence-corrected chi connectivity index (χ3v) is 6.34. The maximum Gasteiger partial charge on any atom is 0.272 e. The van der Waals surface area contributed by atoms with Crippen LogP contribution in [0.15, 0.2) is 36.9 Å². The monoisotopic (exact) mass is 453 g/mol. The number of ether oxygens (including phenoxy) is 1. The highest BCUT2D eigenvalue weighted by Crippen LogP contribution is 2.26. The summed E-state index contributed by atoms with van der Waals surface area (Å²) in [5, 5.41) is 0. The van der Waals surface area contributed by atoms with Crippen LogP contribution in [-0.2, 0) is 11.2 Å². The van der Waals surface area contributed by atoms with Crippen molar-refractivity contribution in [3.63, 3.8) is 0 Å². The van der Waals surface area contributed by atoms with Crippen molar-refractivity contribution < 1.29 is 14.3 Å². The second-order valence-corrected chi connectivity index (χ2v) is 8.57. The molecule has 0 aromatic carbocycles. The number of pyridine rings is 1. The summed E-state index contributed by atoms with van der Waals surface area (Å²) in [6.45, 7) is 2.70. The van der Waals surface area contributed by atoms with Gasteiger partial charge in [-0.3, -0.25) is 19.6 Å². The zero-order valence-electron chi connectivity index (χ0n) is 18.5. The van der Waals surface area contributed by atoms with Crippen LogP contribution in [0.5, 0.6) is 5.75 Å². The molecule has 4 rings (SSSR count). The van der Waals surface area contributed by atoms with E-state index in [0.717, 1.165) is 12.3 Å². The fourth-order valence-electron chi connectivity index (χ4n) is 4.42. The van der Waals surface area contributed by atoms with E-state index in [9.17, 15) is 9.59 Å². The summed E-state index contributed by atoms with van der Waals surface area (Å²) in [4.78, 5) is 41.3. The molecule has 1 saturated heterocycles. The lowest BCUT2D eigenvalue weighted by molar-refractivity contribution is -0.132. The third kappa shape index (κ3) is 6.97. The summed E-state index contributed by atoms with van der Waals surface area (Å²) < 4.78 is 5.84. The lowest BCUT2D eigenvalue weighted by Crippen LogP contribution is -2.51. The molecule has 2 amide bonds. The number of amides is 2. The van der Waals surface area contributed by atoms with Crippen molar-refractivity contribution in [3.05, 3.63) is 48.3 Å². The molecule has 0 spiro atoms. The molecule has 8 heteroatoms. The Morgan fingerprint density at radius 2 is 1.70 bits per heavy atom. The van der Waals surface area contributed by atoms with Crippen LogP contribution in [0, 0.1) is 5.92 Å². The molecule has 8 nitrogen and oxygen atoms in total. The molecule has 2 aliphatic rings. The van der Waals surface area contributed by atoms with E-state index in [4.69, 9.17) is 4.74 Å². The smallest absolute Gasteiger partial charge is 0.272 e. The van der Waals surface area contributed by atoms with E-state index in [1.165, 1.54) is 32.1 Å². The molecule has 2 aromatic rings. The highest BCUT2D eigenvalue weighted by atomic mass is 16.5. The molecule has 2 fully saturated rings. The highest BCUT2D eigenvalue weighted by molar-refractivity contribution is 5.92. The van der Waals surface area contributed by atoms with Crippen molar-refractivity contribution in [1.82, 2.24) is 24.8 Å². The Labute approximate surface area is 196 Å². The van der Waals surface area contributed by atoms with Gasteiger partial charge < -0.3 is 14.5 Å². The molecule has 0 unspecified atom stereocenters. The largest absolute Gasteiger partial charge is 0.492 e. The van der Waals surface area contributed by atoms with Gasteiger partial charge in [0.2, 0.25) is 5.91 Å². The van der Waals surface area contributed by atoms with Crippen LogP contribution < -0.4 is 4.74 Å². The minimum absolute atomic E-state index is 0. The minimum atomic E-state index is -0.111. The number of hydrogen-bond acceptors (Lipinski definition) is 6. The Balaban J connectivity index is 0.00000306. The van der Waals surface area contributed by atoms with E-state index in [-0.39, 0.29) is 25.7 Å². The average molecular weight is 454 g/mol. The predicted molar refractivity (Wildman–Crippen MR) is 126 cm³/mol. The SMILES string of the molecule is C.O=C(Cc1cnccn1)N1CCN(C(=O)c2ccc(OCCC3CCCCC3)cn2)CC1. The number of aromatic nitrogens is 3. The van der Waals surface area contributed by atoms with Crippen LogP contribution >= 0.6 is 0 Å². The first-order valence-corrected chi connectivity index (χ1v) is 11.6. The number of carbonyl (C=O) groups is 2. The fraction of sp³-hybridized carbons (Fsp3) is 0.560. The molecule has 3 heterocycles. The van der Waals surface area contributed by atoms with Gasteiger partial charge in [0.1, 0.15) is 11.4 Å². The van der Waals surface area contributed by atoms with Crippen LogP contribution in [0.25, 0.3) is 0 Å². The number of nitrogens with zero attached hydrogens (tertiary/aromatic N) is 5. The summed E-state index contributed by atoms with van der Waals surface area (Å²) in [7, 11) is 0. The number of rotatable bonds is 7. The minimum Gasteiger partial charge on any atom is -0.492 e. The molecule has 1 aliphatic carbocycles. The summed E-state index contributed by atoms with van der Waals surface area (Å²) in [6.07, 6.45) is 14.4. The van der Waals surface area contributed by atoms with Gasteiger partial charge in [0.05, 0.1) is 24.9 Å². The molecular formula is C25H35N5O3. The number of hydrogen-bond donors (Lipinski definition) is 0. The van der Waals surface area contributed by atoms with Gasteiger partial charge in [0.15, 0.2) is 0 Å². The Morgan fingerprint density at radius 3 is 2.36 bits per heavy atom. The number of carbonyl (C=O) groups excluding carboxylic acids is 2. The third-order valence-electron chi connectivity index (χ3n) is 6.34. The quantitative estimate of drug-likeness (QED) is 0.639. The lowest BCUT2D eigenvalue weighted by Gasteiger charge is -2.34. The standard InChI is InChI=1S/C24H31N5O3.CH4/c30-23(16-20-17-25-9-10-26-20)28-11-13-29(14-12-28)24(31)22-7-6-21(18-27-22)32-15-8-19-4-2-1-3-5-19;/h6-7,9-10,17-19H,1-5,8,11-16H2;1H4. The normalized spacial score (nSPS) is 16.7. The molecule has 0 atom stereocenters. The van der Waals surface area contributed by atoms with Gasteiger partial charge in [-0.25, -0.2) is 4.98 Å². The first kappa shape index (κ1) is 24.6. The van der Waals surface area contributed by atoms with E-state index in [1.54, 1.807) is 40.7 Å². The van der Waals surface area contributed by atoms with E-state index >= 15 is 0 Å². The van der Waals surface area contributed by atoms with Crippen molar-refractivity contribution in [2.75, 3.05) is 32.8 Å². The van der Waals surface area contributed by atoms with Crippen LogP contribution in [0.3, 0.4) is 0 Å². The van der Waals surface area contributed by atoms with E-state index < -0.39 is 0 Å². The highest BCUT2D eigenvalue weighted by Gasteiger charge is 2.25. The Bertz CT molecular complexity index is 877. The van der Waals surface area contributed by atoms with Crippen LogP contribution in [0.2, 0.25) is 0 Å². The van der Waals surface area contributed by atoms with Crippen molar-refractivity contribution in [2.45, 2.75) is 52.4 Å². The predicted octanol–water partition coefficient (Wildman–Crippen LogP) is 3.38. The van der Waals surface area contributed by atoms with E-state index in [1.807, 2.05) is 6.07 Å². The van der Waals surface area contributed by atoms with Gasteiger partial charge in [0.25, 0.3) is 5.91 Å². The zero-order chi connectivity index (χ0) is 22.2. The molecule has 1 saturated carbocycles. The van der Waals surface area contributed by atoms with Gasteiger partial charge >= 0.3 is 0 Å². The molecule has 0 N–H and O–H groups in total. The van der Waals surface area contributed by atoms with Crippen molar-refractivity contribution in [1.29, 1.82) is 0 Å². The van der Waals surface area contributed by atoms with Gasteiger partial charge in [-0.15, -0.1) is 0 Å².